The molecule has 0 N–H and O–H groups in total. The zero-order valence-electron chi connectivity index (χ0n) is 25.3. The van der Waals surface area contributed by atoms with Gasteiger partial charge in [-0.1, -0.05) is 76.6 Å². The van der Waals surface area contributed by atoms with Gasteiger partial charge in [0.2, 0.25) is 0 Å². The highest BCUT2D eigenvalue weighted by Crippen LogP contribution is 2.24. The molecule has 0 radical (unpaired) electrons. The van der Waals surface area contributed by atoms with Crippen LogP contribution in [0.25, 0.3) is 0 Å². The standard InChI is InChI=1S/C38H42O5/c1-3-5-7-9-11-29-13-21-35(22-14-29)42-37(39)31-17-25-33(26-18-31)41-34-27-19-32(20-28-34)38(40)43-36-23-15-30(16-24-36)12-10-8-6-4-2/h13-28H,3-12H2,1-2H3. The van der Waals surface area contributed by atoms with Gasteiger partial charge in [0, 0.05) is 0 Å². The van der Waals surface area contributed by atoms with E-state index in [0.717, 1.165) is 12.8 Å². The molecule has 0 aliphatic carbocycles. The number of esters is 2. The van der Waals surface area contributed by atoms with Crippen LogP contribution in [-0.2, 0) is 12.8 Å². The SMILES string of the molecule is CCCCCCc1ccc(OC(=O)c2ccc(Oc3ccc(C(=O)Oc4ccc(CCCCCC)cc4)cc3)cc2)cc1. The molecular weight excluding hydrogens is 536 g/mol. The second-order valence-corrected chi connectivity index (χ2v) is 10.8. The van der Waals surface area contributed by atoms with Crippen LogP contribution in [0.4, 0.5) is 0 Å². The molecule has 0 fully saturated rings. The lowest BCUT2D eigenvalue weighted by Gasteiger charge is -2.09. The fourth-order valence-electron chi connectivity index (χ4n) is 4.75. The molecular formula is C38H42O5. The lowest BCUT2D eigenvalue weighted by atomic mass is 10.1. The molecule has 4 aromatic carbocycles. The van der Waals surface area contributed by atoms with Crippen LogP contribution in [0.5, 0.6) is 23.0 Å². The van der Waals surface area contributed by atoms with Crippen LogP contribution in [0.15, 0.2) is 97.1 Å². The lowest BCUT2D eigenvalue weighted by molar-refractivity contribution is 0.0725. The van der Waals surface area contributed by atoms with Crippen molar-refractivity contribution in [2.75, 3.05) is 0 Å². The summed E-state index contributed by atoms with van der Waals surface area (Å²) >= 11 is 0. The molecule has 0 aromatic heterocycles. The van der Waals surface area contributed by atoms with Crippen LogP contribution in [0.3, 0.4) is 0 Å². The van der Waals surface area contributed by atoms with Crippen LogP contribution >= 0.6 is 0 Å². The summed E-state index contributed by atoms with van der Waals surface area (Å²) in [5, 5.41) is 0. The first-order chi connectivity index (χ1) is 21.0. The molecule has 5 nitrogen and oxygen atoms in total. The van der Waals surface area contributed by atoms with Crippen molar-refractivity contribution in [3.63, 3.8) is 0 Å². The van der Waals surface area contributed by atoms with Gasteiger partial charge in [0.15, 0.2) is 0 Å². The van der Waals surface area contributed by atoms with Gasteiger partial charge in [-0.3, -0.25) is 0 Å². The van der Waals surface area contributed by atoms with Crippen molar-refractivity contribution < 1.29 is 23.8 Å². The Hall–Kier alpha value is -4.38. The minimum Gasteiger partial charge on any atom is -0.457 e. The minimum absolute atomic E-state index is 0.424. The van der Waals surface area contributed by atoms with Crippen molar-refractivity contribution in [1.29, 1.82) is 0 Å². The molecule has 5 heteroatoms. The highest BCUT2D eigenvalue weighted by molar-refractivity contribution is 5.91. The predicted molar refractivity (Wildman–Crippen MR) is 171 cm³/mol. The number of ether oxygens (including phenoxy) is 3. The molecule has 4 aromatic rings. The topological polar surface area (TPSA) is 61.8 Å². The third kappa shape index (κ3) is 10.4. The van der Waals surface area contributed by atoms with E-state index in [4.69, 9.17) is 14.2 Å². The van der Waals surface area contributed by atoms with E-state index in [9.17, 15) is 9.59 Å². The Morgan fingerprint density at radius 3 is 1.14 bits per heavy atom. The molecule has 4 rings (SSSR count). The average molecular weight is 579 g/mol. The quantitative estimate of drug-likeness (QED) is 0.0752. The van der Waals surface area contributed by atoms with E-state index in [1.807, 2.05) is 48.5 Å². The van der Waals surface area contributed by atoms with Gasteiger partial charge >= 0.3 is 11.9 Å². The van der Waals surface area contributed by atoms with Crippen LogP contribution in [0.1, 0.15) is 97.1 Å². The molecule has 43 heavy (non-hydrogen) atoms. The summed E-state index contributed by atoms with van der Waals surface area (Å²) in [5.74, 6) is 1.33. The van der Waals surface area contributed by atoms with E-state index in [-0.39, 0.29) is 0 Å². The third-order valence-electron chi connectivity index (χ3n) is 7.32. The summed E-state index contributed by atoms with van der Waals surface area (Å²) in [7, 11) is 0. The zero-order valence-corrected chi connectivity index (χ0v) is 25.3. The Labute approximate surface area is 255 Å². The average Bonchev–Trinajstić information content (AvgIpc) is 3.03. The van der Waals surface area contributed by atoms with Gasteiger partial charge in [-0.2, -0.15) is 0 Å². The first-order valence-electron chi connectivity index (χ1n) is 15.5. The summed E-state index contributed by atoms with van der Waals surface area (Å²) < 4.78 is 17.0. The maximum atomic E-state index is 12.6. The first-order valence-corrected chi connectivity index (χ1v) is 15.5. The number of hydrogen-bond donors (Lipinski definition) is 0. The highest BCUT2D eigenvalue weighted by Gasteiger charge is 2.11. The Kier molecular flexibility index (Phi) is 12.4. The Morgan fingerprint density at radius 1 is 0.442 bits per heavy atom. The molecule has 0 spiro atoms. The van der Waals surface area contributed by atoms with E-state index in [0.29, 0.717) is 34.1 Å². The number of benzene rings is 4. The second kappa shape index (κ2) is 16.9. The first kappa shape index (κ1) is 31.6. The van der Waals surface area contributed by atoms with Crippen molar-refractivity contribution in [2.45, 2.75) is 78.1 Å². The number of rotatable bonds is 16. The molecule has 0 unspecified atom stereocenters. The molecule has 0 saturated carbocycles. The maximum absolute atomic E-state index is 12.6. The normalized spacial score (nSPS) is 10.7. The number of carbonyl (C=O) groups excluding carboxylic acids is 2. The minimum atomic E-state index is -0.424. The van der Waals surface area contributed by atoms with Gasteiger partial charge in [-0.15, -0.1) is 0 Å². The maximum Gasteiger partial charge on any atom is 0.343 e. The van der Waals surface area contributed by atoms with Crippen molar-refractivity contribution in [2.24, 2.45) is 0 Å². The fraction of sp³-hybridized carbons (Fsp3) is 0.316. The van der Waals surface area contributed by atoms with Crippen molar-refractivity contribution in [3.8, 4) is 23.0 Å². The molecule has 0 saturated heterocycles. The second-order valence-electron chi connectivity index (χ2n) is 10.8. The van der Waals surface area contributed by atoms with Crippen LogP contribution in [0, 0.1) is 0 Å². The zero-order chi connectivity index (χ0) is 30.3. The summed E-state index contributed by atoms with van der Waals surface area (Å²) in [4.78, 5) is 25.2. The largest absolute Gasteiger partial charge is 0.457 e. The van der Waals surface area contributed by atoms with Gasteiger partial charge in [-0.25, -0.2) is 9.59 Å². The predicted octanol–water partition coefficient (Wildman–Crippen LogP) is 10.2. The molecule has 0 aliphatic heterocycles. The number of unbranched alkanes of at least 4 members (excludes halogenated alkanes) is 6. The van der Waals surface area contributed by atoms with E-state index < -0.39 is 11.9 Å². The van der Waals surface area contributed by atoms with Gasteiger partial charge in [0.05, 0.1) is 11.1 Å². The Morgan fingerprint density at radius 2 is 0.791 bits per heavy atom. The van der Waals surface area contributed by atoms with Crippen molar-refractivity contribution >= 4 is 11.9 Å². The van der Waals surface area contributed by atoms with Crippen LogP contribution in [0.2, 0.25) is 0 Å². The highest BCUT2D eigenvalue weighted by atomic mass is 16.5. The molecule has 0 atom stereocenters. The Balaban J connectivity index is 1.23. The van der Waals surface area contributed by atoms with Crippen LogP contribution in [-0.4, -0.2) is 11.9 Å². The lowest BCUT2D eigenvalue weighted by Crippen LogP contribution is -2.08. The van der Waals surface area contributed by atoms with Gasteiger partial charge < -0.3 is 14.2 Å². The third-order valence-corrected chi connectivity index (χ3v) is 7.32. The number of hydrogen-bond acceptors (Lipinski definition) is 5. The molecule has 0 bridgehead atoms. The van der Waals surface area contributed by atoms with Crippen LogP contribution < -0.4 is 14.2 Å². The molecule has 0 amide bonds. The smallest absolute Gasteiger partial charge is 0.343 e. The van der Waals surface area contributed by atoms with E-state index in [1.54, 1.807) is 48.5 Å². The van der Waals surface area contributed by atoms with Gasteiger partial charge in [0.25, 0.3) is 0 Å². The summed E-state index contributed by atoms with van der Waals surface area (Å²) in [5.41, 5.74) is 3.36. The van der Waals surface area contributed by atoms with Gasteiger partial charge in [0.1, 0.15) is 23.0 Å². The monoisotopic (exact) mass is 578 g/mol. The summed E-state index contributed by atoms with van der Waals surface area (Å²) in [6.45, 7) is 4.42. The molecule has 224 valence electrons. The summed E-state index contributed by atoms with van der Waals surface area (Å²) in [6.07, 6.45) is 11.9. The van der Waals surface area contributed by atoms with Crippen molar-refractivity contribution in [1.82, 2.24) is 0 Å². The van der Waals surface area contributed by atoms with Crippen molar-refractivity contribution in [3.05, 3.63) is 119 Å². The molecule has 0 aliphatic rings. The number of carbonyl (C=O) groups is 2. The van der Waals surface area contributed by atoms with E-state index in [2.05, 4.69) is 13.8 Å². The van der Waals surface area contributed by atoms with E-state index in [1.165, 1.54) is 62.5 Å². The van der Waals surface area contributed by atoms with Gasteiger partial charge in [-0.05, 0) is 110 Å². The fourth-order valence-corrected chi connectivity index (χ4v) is 4.75. The number of aryl methyl sites for hydroxylation is 2. The molecule has 0 heterocycles. The van der Waals surface area contributed by atoms with E-state index >= 15 is 0 Å². The summed E-state index contributed by atoms with van der Waals surface area (Å²) in [6, 6.07) is 29.0. The Bertz CT molecular complexity index is 1290.